The van der Waals surface area contributed by atoms with Gasteiger partial charge in [0.05, 0.1) is 15.6 Å². The van der Waals surface area contributed by atoms with Crippen LogP contribution in [-0.4, -0.2) is 10.1 Å². The molecule has 0 aliphatic heterocycles. The van der Waals surface area contributed by atoms with E-state index in [2.05, 4.69) is 16.2 Å². The fourth-order valence-electron chi connectivity index (χ4n) is 1.91. The molecule has 2 aromatic carbocycles. The number of aromatic nitrogens is 2. The predicted octanol–water partition coefficient (Wildman–Crippen LogP) is 4.59. The van der Waals surface area contributed by atoms with Crippen molar-refractivity contribution in [3.05, 3.63) is 48.5 Å². The number of rotatable bonds is 2. The molecule has 4 rings (SSSR count). The fourth-order valence-corrected chi connectivity index (χ4v) is 3.95. The summed E-state index contributed by atoms with van der Waals surface area (Å²) < 4.78 is 7.48. The molecule has 0 radical (unpaired) electrons. The average molecular weight is 284 g/mol. The Kier molecular flexibility index (Phi) is 2.53. The predicted molar refractivity (Wildman–Crippen MR) is 77.8 cm³/mol. The average Bonchev–Trinajstić information content (AvgIpc) is 3.03. The highest BCUT2D eigenvalue weighted by Gasteiger charge is 2.11. The van der Waals surface area contributed by atoms with Crippen molar-refractivity contribution in [2.75, 3.05) is 0 Å². The molecular formula is C14H8N2OS2. The van der Waals surface area contributed by atoms with E-state index in [9.17, 15) is 0 Å². The Labute approximate surface area is 117 Å². The summed E-state index contributed by atoms with van der Waals surface area (Å²) in [5.74, 6) is 0. The van der Waals surface area contributed by atoms with Gasteiger partial charge in [0, 0.05) is 0 Å². The Balaban J connectivity index is 1.78. The van der Waals surface area contributed by atoms with Crippen LogP contribution in [0.5, 0.6) is 0 Å². The highest BCUT2D eigenvalue weighted by molar-refractivity contribution is 8.01. The highest BCUT2D eigenvalue weighted by Crippen LogP contribution is 2.36. The zero-order valence-electron chi connectivity index (χ0n) is 9.74. The summed E-state index contributed by atoms with van der Waals surface area (Å²) >= 11 is 3.23. The summed E-state index contributed by atoms with van der Waals surface area (Å²) in [4.78, 5) is 4.59. The number of fused-ring (bicyclic) bond motifs is 2. The van der Waals surface area contributed by atoms with E-state index in [1.807, 2.05) is 42.5 Å². The lowest BCUT2D eigenvalue weighted by Gasteiger charge is -1.90. The van der Waals surface area contributed by atoms with Gasteiger partial charge in [-0.25, -0.2) is 4.98 Å². The van der Waals surface area contributed by atoms with Crippen molar-refractivity contribution >= 4 is 44.3 Å². The molecule has 5 heteroatoms. The molecule has 2 heterocycles. The molecule has 4 aromatic rings. The molecule has 0 fully saturated rings. The molecule has 0 aliphatic rings. The Morgan fingerprint density at radius 3 is 2.79 bits per heavy atom. The van der Waals surface area contributed by atoms with E-state index >= 15 is 0 Å². The van der Waals surface area contributed by atoms with Crippen LogP contribution in [-0.2, 0) is 0 Å². The lowest BCUT2D eigenvalue weighted by molar-refractivity contribution is 0.437. The van der Waals surface area contributed by atoms with E-state index in [1.165, 1.54) is 4.70 Å². The van der Waals surface area contributed by atoms with Gasteiger partial charge in [-0.2, -0.15) is 0 Å². The van der Waals surface area contributed by atoms with Crippen LogP contribution < -0.4 is 0 Å². The summed E-state index contributed by atoms with van der Waals surface area (Å²) in [5.41, 5.74) is 1.84. The second-order valence-electron chi connectivity index (χ2n) is 4.03. The minimum Gasteiger partial charge on any atom is -0.355 e. The van der Waals surface area contributed by atoms with Crippen molar-refractivity contribution in [3.63, 3.8) is 0 Å². The van der Waals surface area contributed by atoms with Gasteiger partial charge >= 0.3 is 0 Å². The van der Waals surface area contributed by atoms with Crippen molar-refractivity contribution in [1.29, 1.82) is 0 Å². The zero-order valence-corrected chi connectivity index (χ0v) is 11.4. The molecule has 0 amide bonds. The third kappa shape index (κ3) is 1.91. The first-order valence-corrected chi connectivity index (χ1v) is 7.41. The van der Waals surface area contributed by atoms with Crippen molar-refractivity contribution < 1.29 is 4.52 Å². The van der Waals surface area contributed by atoms with Gasteiger partial charge in [-0.1, -0.05) is 29.4 Å². The second kappa shape index (κ2) is 4.36. The van der Waals surface area contributed by atoms with Crippen molar-refractivity contribution in [3.8, 4) is 0 Å². The summed E-state index contributed by atoms with van der Waals surface area (Å²) in [6.45, 7) is 0. The van der Waals surface area contributed by atoms with Gasteiger partial charge in [-0.05, 0) is 36.0 Å². The van der Waals surface area contributed by atoms with E-state index in [0.29, 0.717) is 0 Å². The van der Waals surface area contributed by atoms with Gasteiger partial charge in [-0.3, -0.25) is 0 Å². The molecule has 3 nitrogen and oxygen atoms in total. The third-order valence-corrected chi connectivity index (χ3v) is 4.89. The van der Waals surface area contributed by atoms with Crippen LogP contribution in [0.25, 0.3) is 21.2 Å². The Bertz CT molecular complexity index is 833. The first-order chi connectivity index (χ1) is 9.40. The molecule has 0 N–H and O–H groups in total. The molecule has 0 bridgehead atoms. The zero-order chi connectivity index (χ0) is 12.7. The first kappa shape index (κ1) is 11.0. The standard InChI is InChI=1S/C14H8N2OS2/c1-3-7-11-9(5-1)13(16-17-11)19-14-15-10-6-2-4-8-12(10)18-14/h1-8H. The SMILES string of the molecule is c1ccc2sc(Sc3noc4ccccc34)nc2c1. The molecule has 0 aliphatic carbocycles. The van der Waals surface area contributed by atoms with Crippen LogP contribution >= 0.6 is 23.1 Å². The molecule has 19 heavy (non-hydrogen) atoms. The lowest BCUT2D eigenvalue weighted by atomic mass is 10.3. The van der Waals surface area contributed by atoms with Gasteiger partial charge in [0.25, 0.3) is 0 Å². The van der Waals surface area contributed by atoms with Crippen LogP contribution in [0.15, 0.2) is 62.4 Å². The highest BCUT2D eigenvalue weighted by atomic mass is 32.2. The molecular weight excluding hydrogens is 276 g/mol. The van der Waals surface area contributed by atoms with Gasteiger partial charge in [0.2, 0.25) is 0 Å². The minimum absolute atomic E-state index is 0.811. The fraction of sp³-hybridized carbons (Fsp3) is 0. The second-order valence-corrected chi connectivity index (χ2v) is 6.30. The van der Waals surface area contributed by atoms with Crippen LogP contribution in [0.2, 0.25) is 0 Å². The molecule has 0 saturated carbocycles. The number of thiazole rings is 1. The molecule has 0 saturated heterocycles. The molecule has 92 valence electrons. The van der Waals surface area contributed by atoms with Gasteiger partial charge in [-0.15, -0.1) is 11.3 Å². The summed E-state index contributed by atoms with van der Waals surface area (Å²) in [5, 5.41) is 6.02. The van der Waals surface area contributed by atoms with Crippen LogP contribution in [0, 0.1) is 0 Å². The normalized spacial score (nSPS) is 11.4. The third-order valence-electron chi connectivity index (χ3n) is 2.80. The Morgan fingerprint density at radius 1 is 1.00 bits per heavy atom. The minimum atomic E-state index is 0.811. The maximum Gasteiger partial charge on any atom is 0.168 e. The summed E-state index contributed by atoms with van der Waals surface area (Å²) in [6.07, 6.45) is 0. The number of hydrogen-bond acceptors (Lipinski definition) is 5. The van der Waals surface area contributed by atoms with Crippen LogP contribution in [0.3, 0.4) is 0 Å². The monoisotopic (exact) mass is 284 g/mol. The molecule has 2 aromatic heterocycles. The molecule has 0 unspecified atom stereocenters. The number of para-hydroxylation sites is 2. The van der Waals surface area contributed by atoms with E-state index in [4.69, 9.17) is 4.52 Å². The van der Waals surface area contributed by atoms with Gasteiger partial charge in [0.1, 0.15) is 0 Å². The maximum atomic E-state index is 5.30. The van der Waals surface area contributed by atoms with E-state index in [-0.39, 0.29) is 0 Å². The summed E-state index contributed by atoms with van der Waals surface area (Å²) in [6, 6.07) is 16.0. The quantitative estimate of drug-likeness (QED) is 0.539. The van der Waals surface area contributed by atoms with E-state index < -0.39 is 0 Å². The maximum absolute atomic E-state index is 5.30. The summed E-state index contributed by atoms with van der Waals surface area (Å²) in [7, 11) is 0. The van der Waals surface area contributed by atoms with Crippen molar-refractivity contribution in [2.24, 2.45) is 0 Å². The number of nitrogens with zero attached hydrogens (tertiary/aromatic N) is 2. The number of benzene rings is 2. The largest absolute Gasteiger partial charge is 0.355 e. The van der Waals surface area contributed by atoms with Gasteiger partial charge in [0.15, 0.2) is 14.9 Å². The number of hydrogen-bond donors (Lipinski definition) is 0. The van der Waals surface area contributed by atoms with Crippen molar-refractivity contribution in [2.45, 2.75) is 9.37 Å². The van der Waals surface area contributed by atoms with Crippen LogP contribution in [0.4, 0.5) is 0 Å². The van der Waals surface area contributed by atoms with Crippen molar-refractivity contribution in [1.82, 2.24) is 10.1 Å². The Hall–Kier alpha value is -1.85. The first-order valence-electron chi connectivity index (χ1n) is 5.78. The van der Waals surface area contributed by atoms with Gasteiger partial charge < -0.3 is 4.52 Å². The smallest absolute Gasteiger partial charge is 0.168 e. The molecule has 0 spiro atoms. The lowest BCUT2D eigenvalue weighted by Crippen LogP contribution is -1.72. The van der Waals surface area contributed by atoms with E-state index in [0.717, 1.165) is 25.9 Å². The molecule has 0 atom stereocenters. The van der Waals surface area contributed by atoms with E-state index in [1.54, 1.807) is 23.1 Å². The Morgan fingerprint density at radius 2 is 1.84 bits per heavy atom. The van der Waals surface area contributed by atoms with Crippen LogP contribution in [0.1, 0.15) is 0 Å². The topological polar surface area (TPSA) is 38.9 Å².